The summed E-state index contributed by atoms with van der Waals surface area (Å²) in [6, 6.07) is 10.1. The van der Waals surface area contributed by atoms with E-state index >= 15 is 0 Å². The number of carbonyl (C=O) groups is 4. The fourth-order valence-corrected chi connectivity index (χ4v) is 4.98. The average molecular weight is 524 g/mol. The second-order valence-corrected chi connectivity index (χ2v) is 9.79. The Morgan fingerprint density at radius 2 is 1.45 bits per heavy atom. The van der Waals surface area contributed by atoms with E-state index in [1.54, 1.807) is 17.0 Å². The maximum absolute atomic E-state index is 13.1. The number of rotatable bonds is 8. The van der Waals surface area contributed by atoms with Crippen LogP contribution in [-0.2, 0) is 0 Å². The van der Waals surface area contributed by atoms with Crippen molar-refractivity contribution in [3.05, 3.63) is 59.2 Å². The number of anilines is 1. The smallest absolute Gasteiger partial charge is 0.335 e. The van der Waals surface area contributed by atoms with Crippen LogP contribution in [0.1, 0.15) is 69.6 Å². The molecule has 1 saturated carbocycles. The molecule has 1 saturated heterocycles. The quantitative estimate of drug-likeness (QED) is 0.466. The molecule has 2 aromatic rings. The van der Waals surface area contributed by atoms with Crippen molar-refractivity contribution in [3.63, 3.8) is 0 Å². The van der Waals surface area contributed by atoms with E-state index < -0.39 is 18.0 Å². The molecule has 0 unspecified atom stereocenters. The van der Waals surface area contributed by atoms with Gasteiger partial charge >= 0.3 is 18.0 Å². The Labute approximate surface area is 221 Å². The molecule has 3 N–H and O–H groups in total. The Morgan fingerprint density at radius 1 is 0.816 bits per heavy atom. The van der Waals surface area contributed by atoms with Crippen LogP contribution in [0.5, 0.6) is 5.75 Å². The maximum Gasteiger partial charge on any atom is 0.335 e. The summed E-state index contributed by atoms with van der Waals surface area (Å²) < 4.78 is 5.93. The van der Waals surface area contributed by atoms with Gasteiger partial charge in [-0.3, -0.25) is 4.79 Å². The van der Waals surface area contributed by atoms with Gasteiger partial charge in [-0.2, -0.15) is 0 Å². The van der Waals surface area contributed by atoms with Gasteiger partial charge in [0.15, 0.2) is 0 Å². The fourth-order valence-electron chi connectivity index (χ4n) is 4.98. The molecule has 0 radical (unpaired) electrons. The number of carboxylic acids is 2. The molecular weight excluding hydrogens is 490 g/mol. The summed E-state index contributed by atoms with van der Waals surface area (Å²) in [5, 5.41) is 21.0. The van der Waals surface area contributed by atoms with Crippen LogP contribution >= 0.6 is 0 Å². The van der Waals surface area contributed by atoms with Crippen LogP contribution in [0.25, 0.3) is 0 Å². The predicted molar refractivity (Wildman–Crippen MR) is 140 cm³/mol. The molecule has 2 fully saturated rings. The highest BCUT2D eigenvalue weighted by Gasteiger charge is 2.26. The van der Waals surface area contributed by atoms with E-state index in [0.717, 1.165) is 18.4 Å². The van der Waals surface area contributed by atoms with E-state index in [1.165, 1.54) is 49.1 Å². The Bertz CT molecular complexity index is 1150. The zero-order valence-corrected chi connectivity index (χ0v) is 21.2. The van der Waals surface area contributed by atoms with Crippen molar-refractivity contribution in [3.8, 4) is 5.75 Å². The summed E-state index contributed by atoms with van der Waals surface area (Å²) in [6.45, 7) is 1.85. The second-order valence-electron chi connectivity index (χ2n) is 9.79. The van der Waals surface area contributed by atoms with E-state index in [-0.39, 0.29) is 35.8 Å². The van der Waals surface area contributed by atoms with Crippen LogP contribution in [-0.4, -0.2) is 76.7 Å². The molecule has 0 spiro atoms. The number of aromatic carboxylic acids is 2. The van der Waals surface area contributed by atoms with Gasteiger partial charge in [0.05, 0.1) is 17.7 Å². The summed E-state index contributed by atoms with van der Waals surface area (Å²) in [6.07, 6.45) is 7.49. The summed E-state index contributed by atoms with van der Waals surface area (Å²) in [4.78, 5) is 51.6. The van der Waals surface area contributed by atoms with Crippen molar-refractivity contribution >= 4 is 29.6 Å². The SMILES string of the molecule is O=C(O)c1cc(NC(=O)N2CCN(C(=O)c3cccc(OCCC4CCCCC4)c3)CC2)cc(C(=O)O)c1. The van der Waals surface area contributed by atoms with E-state index in [0.29, 0.717) is 31.0 Å². The molecule has 1 heterocycles. The molecule has 0 atom stereocenters. The number of hydrogen-bond acceptors (Lipinski definition) is 5. The number of carboxylic acid groups (broad SMARTS) is 2. The predicted octanol–water partition coefficient (Wildman–Crippen LogP) is 4.42. The van der Waals surface area contributed by atoms with Gasteiger partial charge in [-0.15, -0.1) is 0 Å². The summed E-state index contributed by atoms with van der Waals surface area (Å²) in [7, 11) is 0. The van der Waals surface area contributed by atoms with Gasteiger partial charge in [-0.05, 0) is 48.7 Å². The topological polar surface area (TPSA) is 136 Å². The third-order valence-electron chi connectivity index (χ3n) is 7.13. The van der Waals surface area contributed by atoms with Crippen molar-refractivity contribution in [2.24, 2.45) is 5.92 Å². The van der Waals surface area contributed by atoms with Crippen LogP contribution in [0.2, 0.25) is 0 Å². The monoisotopic (exact) mass is 523 g/mol. The largest absolute Gasteiger partial charge is 0.494 e. The Hall–Kier alpha value is -4.08. The van der Waals surface area contributed by atoms with Crippen molar-refractivity contribution in [2.75, 3.05) is 38.1 Å². The fraction of sp³-hybridized carbons (Fsp3) is 0.429. The van der Waals surface area contributed by atoms with E-state index in [1.807, 2.05) is 12.1 Å². The van der Waals surface area contributed by atoms with Crippen molar-refractivity contribution in [1.82, 2.24) is 9.80 Å². The summed E-state index contributed by atoms with van der Waals surface area (Å²) in [5.41, 5.74) is 0.127. The number of ether oxygens (including phenoxy) is 1. The first-order chi connectivity index (χ1) is 18.3. The van der Waals surface area contributed by atoms with Crippen molar-refractivity contribution < 1.29 is 34.1 Å². The average Bonchev–Trinajstić information content (AvgIpc) is 2.93. The molecule has 2 aromatic carbocycles. The number of hydrogen-bond donors (Lipinski definition) is 3. The lowest BCUT2D eigenvalue weighted by Gasteiger charge is -2.34. The molecule has 3 amide bonds. The number of nitrogens with zero attached hydrogens (tertiary/aromatic N) is 2. The first kappa shape index (κ1) is 27.0. The Kier molecular flexibility index (Phi) is 8.83. The number of nitrogens with one attached hydrogen (secondary N) is 1. The van der Waals surface area contributed by atoms with Crippen LogP contribution in [0.15, 0.2) is 42.5 Å². The lowest BCUT2D eigenvalue weighted by atomic mass is 9.87. The standard InChI is InChI=1S/C28H33N3O7/c32-25(20-7-4-8-24(18-20)38-14-9-19-5-2-1-3-6-19)30-10-12-31(13-11-30)28(37)29-23-16-21(26(33)34)15-22(17-23)27(35)36/h4,7-8,15-19H,1-3,5-6,9-14H2,(H,29,37)(H,33,34)(H,35,36). The van der Waals surface area contributed by atoms with E-state index in [4.69, 9.17) is 4.74 Å². The third-order valence-corrected chi connectivity index (χ3v) is 7.13. The Morgan fingerprint density at radius 3 is 2.08 bits per heavy atom. The maximum atomic E-state index is 13.1. The van der Waals surface area contributed by atoms with Crippen molar-refractivity contribution in [1.29, 1.82) is 0 Å². The first-order valence-electron chi connectivity index (χ1n) is 13.0. The lowest BCUT2D eigenvalue weighted by Crippen LogP contribution is -2.51. The van der Waals surface area contributed by atoms with Crippen LogP contribution in [0, 0.1) is 5.92 Å². The molecule has 38 heavy (non-hydrogen) atoms. The molecule has 202 valence electrons. The highest BCUT2D eigenvalue weighted by Crippen LogP contribution is 2.26. The molecule has 0 bridgehead atoms. The van der Waals surface area contributed by atoms with Gasteiger partial charge in [0.25, 0.3) is 5.91 Å². The van der Waals surface area contributed by atoms with Gasteiger partial charge in [0.2, 0.25) is 0 Å². The van der Waals surface area contributed by atoms with Crippen molar-refractivity contribution in [2.45, 2.75) is 38.5 Å². The van der Waals surface area contributed by atoms with Gasteiger partial charge < -0.3 is 30.1 Å². The van der Waals surface area contributed by atoms with Gasteiger partial charge in [-0.25, -0.2) is 14.4 Å². The first-order valence-corrected chi connectivity index (χ1v) is 13.0. The van der Waals surface area contributed by atoms with Crippen LogP contribution < -0.4 is 10.1 Å². The molecule has 4 rings (SSSR count). The molecule has 2 aliphatic rings. The Balaban J connectivity index is 1.29. The summed E-state index contributed by atoms with van der Waals surface area (Å²) >= 11 is 0. The van der Waals surface area contributed by atoms with Gasteiger partial charge in [-0.1, -0.05) is 38.2 Å². The zero-order chi connectivity index (χ0) is 27.1. The lowest BCUT2D eigenvalue weighted by molar-refractivity contribution is 0.0668. The number of amides is 3. The second kappa shape index (κ2) is 12.4. The number of benzene rings is 2. The minimum atomic E-state index is -1.30. The van der Waals surface area contributed by atoms with Crippen LogP contribution in [0.3, 0.4) is 0 Å². The molecule has 1 aliphatic carbocycles. The number of urea groups is 1. The number of carbonyl (C=O) groups excluding carboxylic acids is 2. The molecular formula is C28H33N3O7. The third kappa shape index (κ3) is 7.02. The highest BCUT2D eigenvalue weighted by molar-refractivity contribution is 5.98. The summed E-state index contributed by atoms with van der Waals surface area (Å²) in [5.74, 6) is -1.33. The highest BCUT2D eigenvalue weighted by atomic mass is 16.5. The normalized spacial score (nSPS) is 16.1. The molecule has 1 aliphatic heterocycles. The minimum Gasteiger partial charge on any atom is -0.494 e. The molecule has 10 heteroatoms. The molecule has 10 nitrogen and oxygen atoms in total. The zero-order valence-electron chi connectivity index (χ0n) is 21.2. The van der Waals surface area contributed by atoms with Gasteiger partial charge in [0.1, 0.15) is 5.75 Å². The van der Waals surface area contributed by atoms with E-state index in [2.05, 4.69) is 5.32 Å². The molecule has 0 aromatic heterocycles. The number of piperazine rings is 1. The van der Waals surface area contributed by atoms with E-state index in [9.17, 15) is 29.4 Å². The van der Waals surface area contributed by atoms with Gasteiger partial charge in [0, 0.05) is 37.4 Å². The van der Waals surface area contributed by atoms with Crippen LogP contribution in [0.4, 0.5) is 10.5 Å². The minimum absolute atomic E-state index is 0.0751.